The minimum absolute atomic E-state index is 0.0487. The van der Waals surface area contributed by atoms with Crippen LogP contribution in [0.1, 0.15) is 26.2 Å². The molecule has 0 bridgehead atoms. The van der Waals surface area contributed by atoms with Gasteiger partial charge in [0.15, 0.2) is 0 Å². The first-order chi connectivity index (χ1) is 8.43. The molecule has 1 saturated heterocycles. The first kappa shape index (κ1) is 13.3. The fraction of sp³-hybridized carbons (Fsp3) is 0.833. The summed E-state index contributed by atoms with van der Waals surface area (Å²) in [5, 5.41) is 18.7. The van der Waals surface area contributed by atoms with Crippen molar-refractivity contribution >= 4 is 11.9 Å². The zero-order valence-electron chi connectivity index (χ0n) is 10.5. The van der Waals surface area contributed by atoms with E-state index in [9.17, 15) is 19.8 Å². The van der Waals surface area contributed by atoms with E-state index in [-0.39, 0.29) is 11.8 Å². The topological polar surface area (TPSA) is 104 Å². The highest BCUT2D eigenvalue weighted by Crippen LogP contribution is 2.42. The molecule has 6 nitrogen and oxygen atoms in total. The lowest BCUT2D eigenvalue weighted by Gasteiger charge is -2.27. The van der Waals surface area contributed by atoms with Crippen molar-refractivity contribution in [1.82, 2.24) is 4.90 Å². The molecule has 2 fully saturated rings. The van der Waals surface area contributed by atoms with Crippen LogP contribution in [-0.2, 0) is 9.59 Å². The minimum Gasteiger partial charge on any atom is -0.480 e. The van der Waals surface area contributed by atoms with Gasteiger partial charge in [-0.05, 0) is 31.6 Å². The Bertz CT molecular complexity index is 358. The van der Waals surface area contributed by atoms with E-state index in [0.29, 0.717) is 6.54 Å². The van der Waals surface area contributed by atoms with Crippen LogP contribution in [-0.4, -0.2) is 51.7 Å². The summed E-state index contributed by atoms with van der Waals surface area (Å²) < 4.78 is 0. The number of fused-ring (bicyclic) bond motifs is 1. The Kier molecular flexibility index (Phi) is 3.59. The van der Waals surface area contributed by atoms with Crippen LogP contribution in [0, 0.1) is 11.8 Å². The van der Waals surface area contributed by atoms with E-state index in [0.717, 1.165) is 19.3 Å². The molecule has 2 aliphatic rings. The number of aliphatic hydroxyl groups excluding tert-OH is 1. The first-order valence-electron chi connectivity index (χ1n) is 6.40. The van der Waals surface area contributed by atoms with Gasteiger partial charge in [-0.25, -0.2) is 4.79 Å². The number of aliphatic hydroxyl groups is 1. The molecule has 1 heterocycles. The van der Waals surface area contributed by atoms with Crippen molar-refractivity contribution in [2.75, 3.05) is 6.54 Å². The van der Waals surface area contributed by atoms with Gasteiger partial charge in [0.2, 0.25) is 5.91 Å². The maximum absolute atomic E-state index is 12.1. The highest BCUT2D eigenvalue weighted by Gasteiger charge is 2.50. The van der Waals surface area contributed by atoms with Gasteiger partial charge in [-0.3, -0.25) is 4.79 Å². The molecule has 2 unspecified atom stereocenters. The van der Waals surface area contributed by atoms with E-state index in [4.69, 9.17) is 5.73 Å². The summed E-state index contributed by atoms with van der Waals surface area (Å²) >= 11 is 0. The Morgan fingerprint density at radius 2 is 2.06 bits per heavy atom. The number of aliphatic carboxylic acids is 1. The summed E-state index contributed by atoms with van der Waals surface area (Å²) in [7, 11) is 0. The molecule has 0 radical (unpaired) electrons. The Balaban J connectivity index is 2.17. The molecule has 0 aromatic rings. The van der Waals surface area contributed by atoms with Crippen molar-refractivity contribution in [2.24, 2.45) is 17.6 Å². The van der Waals surface area contributed by atoms with Crippen molar-refractivity contribution in [2.45, 2.75) is 44.4 Å². The van der Waals surface area contributed by atoms with E-state index in [1.54, 1.807) is 0 Å². The zero-order chi connectivity index (χ0) is 13.4. The Morgan fingerprint density at radius 1 is 1.39 bits per heavy atom. The second kappa shape index (κ2) is 4.85. The van der Waals surface area contributed by atoms with Gasteiger partial charge in [-0.15, -0.1) is 0 Å². The maximum atomic E-state index is 12.1. The molecular weight excluding hydrogens is 236 g/mol. The van der Waals surface area contributed by atoms with Crippen LogP contribution >= 0.6 is 0 Å². The number of amides is 1. The molecule has 1 saturated carbocycles. The molecule has 2 rings (SSSR count). The van der Waals surface area contributed by atoms with E-state index in [2.05, 4.69) is 0 Å². The van der Waals surface area contributed by atoms with Gasteiger partial charge in [0.25, 0.3) is 0 Å². The van der Waals surface area contributed by atoms with Gasteiger partial charge in [-0.1, -0.05) is 6.42 Å². The van der Waals surface area contributed by atoms with Crippen molar-refractivity contribution in [3.63, 3.8) is 0 Å². The highest BCUT2D eigenvalue weighted by atomic mass is 16.4. The molecule has 102 valence electrons. The van der Waals surface area contributed by atoms with Crippen LogP contribution in [0.3, 0.4) is 0 Å². The summed E-state index contributed by atoms with van der Waals surface area (Å²) in [6, 6.07) is -1.81. The number of hydrogen-bond donors (Lipinski definition) is 3. The lowest BCUT2D eigenvalue weighted by atomic mass is 9.94. The molecule has 4 N–H and O–H groups in total. The second-order valence-electron chi connectivity index (χ2n) is 5.39. The van der Waals surface area contributed by atoms with E-state index in [1.165, 1.54) is 11.8 Å². The van der Waals surface area contributed by atoms with Crippen LogP contribution < -0.4 is 5.73 Å². The molecule has 1 aliphatic heterocycles. The lowest BCUT2D eigenvalue weighted by molar-refractivity contribution is -0.151. The summed E-state index contributed by atoms with van der Waals surface area (Å²) in [5.74, 6) is -1.09. The van der Waals surface area contributed by atoms with E-state index >= 15 is 0 Å². The number of nitrogens with zero attached hydrogens (tertiary/aromatic N) is 1. The third-order valence-corrected chi connectivity index (χ3v) is 4.23. The zero-order valence-corrected chi connectivity index (χ0v) is 10.5. The van der Waals surface area contributed by atoms with Gasteiger partial charge in [-0.2, -0.15) is 0 Å². The predicted octanol–water partition coefficient (Wildman–Crippen LogP) is -0.594. The summed E-state index contributed by atoms with van der Waals surface area (Å²) in [6.45, 7) is 1.90. The number of hydrogen-bond acceptors (Lipinski definition) is 4. The predicted molar refractivity (Wildman–Crippen MR) is 63.6 cm³/mol. The molecule has 5 atom stereocenters. The molecule has 0 aromatic carbocycles. The van der Waals surface area contributed by atoms with Crippen LogP contribution in [0.25, 0.3) is 0 Å². The van der Waals surface area contributed by atoms with Crippen molar-refractivity contribution < 1.29 is 19.8 Å². The van der Waals surface area contributed by atoms with Crippen LogP contribution in [0.4, 0.5) is 0 Å². The monoisotopic (exact) mass is 256 g/mol. The smallest absolute Gasteiger partial charge is 0.326 e. The van der Waals surface area contributed by atoms with Crippen LogP contribution in [0.5, 0.6) is 0 Å². The largest absolute Gasteiger partial charge is 0.480 e. The SMILES string of the molecule is C[C@@H](O)[C@H](N)C(=O)N1CC2CCCC2[C@H]1C(=O)O. The maximum Gasteiger partial charge on any atom is 0.326 e. The van der Waals surface area contributed by atoms with Crippen LogP contribution in [0.2, 0.25) is 0 Å². The summed E-state index contributed by atoms with van der Waals surface area (Å²) in [5.41, 5.74) is 5.62. The molecule has 1 amide bonds. The van der Waals surface area contributed by atoms with E-state index < -0.39 is 30.1 Å². The molecule has 0 aromatic heterocycles. The van der Waals surface area contributed by atoms with Gasteiger partial charge in [0.1, 0.15) is 12.1 Å². The number of rotatable bonds is 3. The Labute approximate surface area is 106 Å². The first-order valence-corrected chi connectivity index (χ1v) is 6.40. The lowest BCUT2D eigenvalue weighted by Crippen LogP contribution is -2.53. The summed E-state index contributed by atoms with van der Waals surface area (Å²) in [4.78, 5) is 24.8. The van der Waals surface area contributed by atoms with E-state index in [1.807, 2.05) is 0 Å². The number of carboxylic acids is 1. The van der Waals surface area contributed by atoms with Gasteiger partial charge in [0, 0.05) is 6.54 Å². The highest BCUT2D eigenvalue weighted by molar-refractivity contribution is 5.88. The number of carbonyl (C=O) groups excluding carboxylic acids is 1. The Morgan fingerprint density at radius 3 is 2.61 bits per heavy atom. The van der Waals surface area contributed by atoms with Crippen molar-refractivity contribution in [3.05, 3.63) is 0 Å². The molecular formula is C12H20N2O4. The second-order valence-corrected chi connectivity index (χ2v) is 5.39. The molecule has 6 heteroatoms. The third kappa shape index (κ3) is 2.10. The van der Waals surface area contributed by atoms with Gasteiger partial charge in [0.05, 0.1) is 6.10 Å². The molecule has 1 aliphatic carbocycles. The van der Waals surface area contributed by atoms with Crippen molar-refractivity contribution in [3.8, 4) is 0 Å². The quantitative estimate of drug-likeness (QED) is 0.626. The standard InChI is InChI=1S/C12H20N2O4/c1-6(15)9(13)11(16)14-5-7-3-2-4-8(7)10(14)12(17)18/h6-10,15H,2-5,13H2,1H3,(H,17,18)/t6-,7?,8?,9+,10+/m1/s1. The normalized spacial score (nSPS) is 34.2. The van der Waals surface area contributed by atoms with Gasteiger partial charge < -0.3 is 20.8 Å². The summed E-state index contributed by atoms with van der Waals surface area (Å²) in [6.07, 6.45) is 1.90. The number of carboxylic acid groups (broad SMARTS) is 1. The molecule has 18 heavy (non-hydrogen) atoms. The molecule has 0 spiro atoms. The minimum atomic E-state index is -1.04. The van der Waals surface area contributed by atoms with Crippen LogP contribution in [0.15, 0.2) is 0 Å². The third-order valence-electron chi connectivity index (χ3n) is 4.23. The number of likely N-dealkylation sites (tertiary alicyclic amines) is 1. The fourth-order valence-corrected chi connectivity index (χ4v) is 3.25. The number of nitrogens with two attached hydrogens (primary N) is 1. The van der Waals surface area contributed by atoms with Gasteiger partial charge >= 0.3 is 5.97 Å². The fourth-order valence-electron chi connectivity index (χ4n) is 3.25. The average Bonchev–Trinajstić information content (AvgIpc) is 2.85. The number of carbonyl (C=O) groups is 2. The Hall–Kier alpha value is -1.14. The van der Waals surface area contributed by atoms with Crippen molar-refractivity contribution in [1.29, 1.82) is 0 Å². The average molecular weight is 256 g/mol.